The largest absolute Gasteiger partial charge is 0.306 e. The fourth-order valence-electron chi connectivity index (χ4n) is 1.89. The fourth-order valence-corrected chi connectivity index (χ4v) is 2.09. The third kappa shape index (κ3) is 2.28. The first-order valence-electron chi connectivity index (χ1n) is 4.95. The summed E-state index contributed by atoms with van der Waals surface area (Å²) in [7, 11) is 0. The van der Waals surface area contributed by atoms with E-state index in [4.69, 9.17) is 11.6 Å². The van der Waals surface area contributed by atoms with E-state index in [0.29, 0.717) is 0 Å². The SMILES string of the molecule is O=C/C=C/C1NCCc2cc(Cl)ccc21. The molecule has 2 nitrogen and oxygen atoms in total. The number of rotatable bonds is 2. The summed E-state index contributed by atoms with van der Waals surface area (Å²) >= 11 is 5.93. The van der Waals surface area contributed by atoms with E-state index >= 15 is 0 Å². The Kier molecular flexibility index (Phi) is 3.19. The van der Waals surface area contributed by atoms with Gasteiger partial charge in [-0.2, -0.15) is 0 Å². The molecular formula is C12H12ClNO. The maximum atomic E-state index is 10.3. The minimum absolute atomic E-state index is 0.135. The number of carbonyl (C=O) groups excluding carboxylic acids is 1. The highest BCUT2D eigenvalue weighted by Gasteiger charge is 2.16. The van der Waals surface area contributed by atoms with Gasteiger partial charge in [0.1, 0.15) is 6.29 Å². The van der Waals surface area contributed by atoms with E-state index in [1.54, 1.807) is 0 Å². The van der Waals surface area contributed by atoms with E-state index in [9.17, 15) is 4.79 Å². The van der Waals surface area contributed by atoms with Crippen LogP contribution >= 0.6 is 11.6 Å². The molecule has 0 aromatic heterocycles. The van der Waals surface area contributed by atoms with Crippen LogP contribution in [0.15, 0.2) is 30.4 Å². The van der Waals surface area contributed by atoms with E-state index in [2.05, 4.69) is 5.32 Å². The molecule has 0 radical (unpaired) electrons. The smallest absolute Gasteiger partial charge is 0.142 e. The fraction of sp³-hybridized carbons (Fsp3) is 0.250. The third-order valence-electron chi connectivity index (χ3n) is 2.58. The average Bonchev–Trinajstić information content (AvgIpc) is 2.25. The lowest BCUT2D eigenvalue weighted by Gasteiger charge is -2.24. The van der Waals surface area contributed by atoms with Crippen molar-refractivity contribution >= 4 is 17.9 Å². The van der Waals surface area contributed by atoms with Crippen LogP contribution in [0.2, 0.25) is 5.02 Å². The Labute approximate surface area is 93.9 Å². The maximum Gasteiger partial charge on any atom is 0.142 e. The minimum Gasteiger partial charge on any atom is -0.306 e. The summed E-state index contributed by atoms with van der Waals surface area (Å²) in [6.45, 7) is 0.918. The first-order chi connectivity index (χ1) is 7.31. The number of carbonyl (C=O) groups is 1. The molecule has 0 aliphatic carbocycles. The molecule has 0 fully saturated rings. The number of fused-ring (bicyclic) bond motifs is 1. The van der Waals surface area contributed by atoms with Gasteiger partial charge in [-0.1, -0.05) is 23.7 Å². The summed E-state index contributed by atoms with van der Waals surface area (Å²) in [5.41, 5.74) is 2.48. The highest BCUT2D eigenvalue weighted by atomic mass is 35.5. The van der Waals surface area contributed by atoms with E-state index in [0.717, 1.165) is 24.3 Å². The van der Waals surface area contributed by atoms with Crippen molar-refractivity contribution < 1.29 is 4.79 Å². The van der Waals surface area contributed by atoms with Crippen LogP contribution in [0.25, 0.3) is 0 Å². The summed E-state index contributed by atoms with van der Waals surface area (Å²) in [4.78, 5) is 10.3. The maximum absolute atomic E-state index is 10.3. The Morgan fingerprint density at radius 1 is 1.47 bits per heavy atom. The second kappa shape index (κ2) is 4.60. The highest BCUT2D eigenvalue weighted by Crippen LogP contribution is 2.26. The van der Waals surface area contributed by atoms with Crippen molar-refractivity contribution in [1.29, 1.82) is 0 Å². The molecule has 1 aliphatic rings. The van der Waals surface area contributed by atoms with Crippen molar-refractivity contribution in [3.05, 3.63) is 46.5 Å². The predicted molar refractivity (Wildman–Crippen MR) is 61.1 cm³/mol. The standard InChI is InChI=1S/C12H12ClNO/c13-10-3-4-11-9(8-10)5-6-14-12(11)2-1-7-15/h1-4,7-8,12,14H,5-6H2/b2-1+. The van der Waals surface area contributed by atoms with Gasteiger partial charge < -0.3 is 5.32 Å². The molecular weight excluding hydrogens is 210 g/mol. The summed E-state index contributed by atoms with van der Waals surface area (Å²) in [6.07, 6.45) is 5.19. The van der Waals surface area contributed by atoms with Crippen molar-refractivity contribution in [2.24, 2.45) is 0 Å². The molecule has 1 atom stereocenters. The summed E-state index contributed by atoms with van der Waals surface area (Å²) in [6, 6.07) is 6.04. The van der Waals surface area contributed by atoms with Gasteiger partial charge in [-0.3, -0.25) is 4.79 Å². The van der Waals surface area contributed by atoms with Crippen LogP contribution in [0.4, 0.5) is 0 Å². The summed E-state index contributed by atoms with van der Waals surface area (Å²) in [5, 5.41) is 4.11. The van der Waals surface area contributed by atoms with E-state index in [1.165, 1.54) is 17.2 Å². The number of hydrogen-bond donors (Lipinski definition) is 1. The molecule has 3 heteroatoms. The van der Waals surface area contributed by atoms with Gasteiger partial charge >= 0.3 is 0 Å². The monoisotopic (exact) mass is 221 g/mol. The van der Waals surface area contributed by atoms with Crippen LogP contribution < -0.4 is 5.32 Å². The van der Waals surface area contributed by atoms with Crippen molar-refractivity contribution in [2.75, 3.05) is 6.54 Å². The minimum atomic E-state index is 0.135. The lowest BCUT2D eigenvalue weighted by Crippen LogP contribution is -2.28. The quantitative estimate of drug-likeness (QED) is 0.613. The van der Waals surface area contributed by atoms with Gasteiger partial charge in [0.25, 0.3) is 0 Å². The van der Waals surface area contributed by atoms with Crippen molar-refractivity contribution in [2.45, 2.75) is 12.5 Å². The molecule has 0 bridgehead atoms. The molecule has 2 rings (SSSR count). The number of aldehydes is 1. The molecule has 15 heavy (non-hydrogen) atoms. The predicted octanol–water partition coefficient (Wildman–Crippen LogP) is 2.28. The zero-order chi connectivity index (χ0) is 10.7. The van der Waals surface area contributed by atoms with Gasteiger partial charge in [-0.25, -0.2) is 0 Å². The molecule has 78 valence electrons. The zero-order valence-corrected chi connectivity index (χ0v) is 9.00. The molecule has 1 aliphatic heterocycles. The molecule has 0 amide bonds. The molecule has 1 aromatic rings. The van der Waals surface area contributed by atoms with Gasteiger partial charge in [0.05, 0.1) is 6.04 Å². The first kappa shape index (κ1) is 10.4. The molecule has 1 N–H and O–H groups in total. The Morgan fingerprint density at radius 2 is 2.33 bits per heavy atom. The average molecular weight is 222 g/mol. The van der Waals surface area contributed by atoms with Gasteiger partial charge in [0, 0.05) is 11.6 Å². The highest BCUT2D eigenvalue weighted by molar-refractivity contribution is 6.30. The van der Waals surface area contributed by atoms with E-state index < -0.39 is 0 Å². The molecule has 1 heterocycles. The van der Waals surface area contributed by atoms with Crippen molar-refractivity contribution in [3.63, 3.8) is 0 Å². The summed E-state index contributed by atoms with van der Waals surface area (Å²) in [5.74, 6) is 0. The van der Waals surface area contributed by atoms with Gasteiger partial charge in [0.2, 0.25) is 0 Å². The van der Waals surface area contributed by atoms with Crippen molar-refractivity contribution in [1.82, 2.24) is 5.32 Å². The third-order valence-corrected chi connectivity index (χ3v) is 2.82. The Balaban J connectivity index is 2.34. The van der Waals surface area contributed by atoms with E-state index in [-0.39, 0.29) is 6.04 Å². The van der Waals surface area contributed by atoms with Gasteiger partial charge in [-0.15, -0.1) is 0 Å². The molecule has 0 saturated carbocycles. The van der Waals surface area contributed by atoms with Crippen LogP contribution in [0.3, 0.4) is 0 Å². The number of halogens is 1. The second-order valence-electron chi connectivity index (χ2n) is 3.55. The lowest BCUT2D eigenvalue weighted by atomic mass is 9.94. The number of hydrogen-bond acceptors (Lipinski definition) is 2. The molecule has 0 spiro atoms. The zero-order valence-electron chi connectivity index (χ0n) is 8.24. The van der Waals surface area contributed by atoms with Crippen LogP contribution in [-0.4, -0.2) is 12.8 Å². The molecule has 0 saturated heterocycles. The Bertz CT molecular complexity index is 401. The Hall–Kier alpha value is -1.12. The van der Waals surface area contributed by atoms with Crippen LogP contribution in [0.1, 0.15) is 17.2 Å². The number of allylic oxidation sites excluding steroid dienone is 1. The van der Waals surface area contributed by atoms with Gasteiger partial charge in [0.15, 0.2) is 0 Å². The van der Waals surface area contributed by atoms with Crippen LogP contribution in [0, 0.1) is 0 Å². The first-order valence-corrected chi connectivity index (χ1v) is 5.33. The van der Waals surface area contributed by atoms with Crippen LogP contribution in [0.5, 0.6) is 0 Å². The summed E-state index contributed by atoms with van der Waals surface area (Å²) < 4.78 is 0. The number of nitrogens with one attached hydrogen (secondary N) is 1. The lowest BCUT2D eigenvalue weighted by molar-refractivity contribution is -0.104. The Morgan fingerprint density at radius 3 is 3.13 bits per heavy atom. The molecule has 1 aromatic carbocycles. The van der Waals surface area contributed by atoms with Crippen molar-refractivity contribution in [3.8, 4) is 0 Å². The number of benzene rings is 1. The second-order valence-corrected chi connectivity index (χ2v) is 3.98. The molecule has 1 unspecified atom stereocenters. The van der Waals surface area contributed by atoms with Gasteiger partial charge in [-0.05, 0) is 35.8 Å². The normalized spacial score (nSPS) is 20.2. The van der Waals surface area contributed by atoms with E-state index in [1.807, 2.05) is 24.3 Å². The topological polar surface area (TPSA) is 29.1 Å². The van der Waals surface area contributed by atoms with Crippen LogP contribution in [-0.2, 0) is 11.2 Å².